The first-order valence-electron chi connectivity index (χ1n) is 23.5. The Bertz CT molecular complexity index is 2130. The van der Waals surface area contributed by atoms with Crippen molar-refractivity contribution < 1.29 is 57.1 Å². The summed E-state index contributed by atoms with van der Waals surface area (Å²) in [5.74, 6) is -0.596. The van der Waals surface area contributed by atoms with Crippen LogP contribution >= 0.6 is 0 Å². The topological polar surface area (TPSA) is 150 Å². The Balaban J connectivity index is 0.830. The van der Waals surface area contributed by atoms with E-state index in [4.69, 9.17) is 33.2 Å². The van der Waals surface area contributed by atoms with Gasteiger partial charge in [-0.05, 0) is 161 Å². The molecule has 12 heteroatoms. The van der Waals surface area contributed by atoms with Gasteiger partial charge in [-0.15, -0.1) is 0 Å². The molecule has 0 amide bonds. The van der Waals surface area contributed by atoms with Crippen LogP contribution in [0.1, 0.15) is 150 Å². The van der Waals surface area contributed by atoms with Crippen LogP contribution < -0.4 is 14.2 Å². The highest BCUT2D eigenvalue weighted by atomic mass is 16.6. The van der Waals surface area contributed by atoms with Gasteiger partial charge in [-0.25, -0.2) is 14.4 Å². The summed E-state index contributed by atoms with van der Waals surface area (Å²) in [6, 6.07) is 18.6. The Morgan fingerprint density at radius 1 is 0.523 bits per heavy atom. The second-order valence-electron chi connectivity index (χ2n) is 17.3. The van der Waals surface area contributed by atoms with Crippen LogP contribution in [-0.4, -0.2) is 68.5 Å². The molecule has 65 heavy (non-hydrogen) atoms. The molecular weight excluding hydrogens is 829 g/mol. The third-order valence-electron chi connectivity index (χ3n) is 12.1. The summed E-state index contributed by atoms with van der Waals surface area (Å²) >= 11 is 0. The predicted octanol–water partition coefficient (Wildman–Crippen LogP) is 10.9. The van der Waals surface area contributed by atoms with E-state index in [-0.39, 0.29) is 55.3 Å². The van der Waals surface area contributed by atoms with Crippen molar-refractivity contribution in [3.8, 4) is 28.4 Å². The number of esters is 5. The summed E-state index contributed by atoms with van der Waals surface area (Å²) in [6.45, 7) is 11.0. The first kappa shape index (κ1) is 48.5. The molecule has 0 spiro atoms. The van der Waals surface area contributed by atoms with E-state index >= 15 is 0 Å². The Hall–Kier alpha value is -5.91. The standard InChI is InChI=1S/C53H64O12/c1-36(32-49(54)63-41-16-8-6-9-17-41)51(56)61-30-13-5-4-12-28-60-44-25-27-46-45-26-20-39(34-47(45)38(3)48(46)35-44)53(58)65-43-23-21-40(22-24-43)59-29-14-15-31-62-52(57)37(2)33-50(55)64-42-18-10-7-11-19-42/h20-27,34-35,38,41-42H,1-2,4-19,28-33H2,3H3. The van der Waals surface area contributed by atoms with Crippen molar-refractivity contribution in [3.05, 3.63) is 102 Å². The minimum atomic E-state index is -0.594. The van der Waals surface area contributed by atoms with Crippen molar-refractivity contribution in [2.75, 3.05) is 26.4 Å². The minimum absolute atomic E-state index is 0.0498. The van der Waals surface area contributed by atoms with E-state index in [1.54, 1.807) is 30.3 Å². The quantitative estimate of drug-likeness (QED) is 0.0277. The summed E-state index contributed by atoms with van der Waals surface area (Å²) in [7, 11) is 0. The molecule has 0 aromatic heterocycles. The number of rotatable bonds is 24. The Morgan fingerprint density at radius 2 is 0.969 bits per heavy atom. The first-order chi connectivity index (χ1) is 31.5. The highest BCUT2D eigenvalue weighted by molar-refractivity contribution is 5.94. The van der Waals surface area contributed by atoms with Crippen LogP contribution in [0.3, 0.4) is 0 Å². The maximum absolute atomic E-state index is 13.2. The van der Waals surface area contributed by atoms with Gasteiger partial charge in [0.05, 0.1) is 44.8 Å². The van der Waals surface area contributed by atoms with Crippen molar-refractivity contribution in [1.29, 1.82) is 0 Å². The zero-order valence-electron chi connectivity index (χ0n) is 37.9. The van der Waals surface area contributed by atoms with Gasteiger partial charge in [0.15, 0.2) is 0 Å². The van der Waals surface area contributed by atoms with Gasteiger partial charge in [0.2, 0.25) is 0 Å². The lowest BCUT2D eigenvalue weighted by Gasteiger charge is -2.21. The highest BCUT2D eigenvalue weighted by Crippen LogP contribution is 2.46. The largest absolute Gasteiger partial charge is 0.494 e. The van der Waals surface area contributed by atoms with E-state index in [1.807, 2.05) is 18.2 Å². The van der Waals surface area contributed by atoms with Gasteiger partial charge in [0.1, 0.15) is 29.5 Å². The average molecular weight is 893 g/mol. The van der Waals surface area contributed by atoms with Gasteiger partial charge < -0.3 is 33.2 Å². The normalized spacial score (nSPS) is 15.7. The van der Waals surface area contributed by atoms with Crippen molar-refractivity contribution in [3.63, 3.8) is 0 Å². The molecule has 0 aliphatic heterocycles. The van der Waals surface area contributed by atoms with Crippen LogP contribution in [0.15, 0.2) is 85.0 Å². The monoisotopic (exact) mass is 892 g/mol. The van der Waals surface area contributed by atoms with Gasteiger partial charge >= 0.3 is 29.8 Å². The number of hydrogen-bond acceptors (Lipinski definition) is 12. The lowest BCUT2D eigenvalue weighted by molar-refractivity contribution is -0.152. The highest BCUT2D eigenvalue weighted by Gasteiger charge is 2.28. The fraction of sp³-hybridized carbons (Fsp3) is 0.491. The SMILES string of the molecule is C=C(CC(=O)OC1CCCCC1)C(=O)OCCCCCCOc1ccc2c(c1)C(C)c1cc(C(=O)Oc3ccc(OCCCCOC(=O)C(=C)CC(=O)OC4CCCCC4)cc3)ccc1-2. The Kier molecular flexibility index (Phi) is 18.6. The van der Waals surface area contributed by atoms with Gasteiger partial charge in [-0.1, -0.05) is 45.1 Å². The van der Waals surface area contributed by atoms with E-state index in [2.05, 4.69) is 32.2 Å². The van der Waals surface area contributed by atoms with E-state index < -0.39 is 29.8 Å². The first-order valence-corrected chi connectivity index (χ1v) is 23.5. The molecule has 2 saturated carbocycles. The molecule has 3 aromatic carbocycles. The molecule has 1 unspecified atom stereocenters. The third-order valence-corrected chi connectivity index (χ3v) is 12.1. The van der Waals surface area contributed by atoms with Crippen LogP contribution in [0.4, 0.5) is 0 Å². The molecular formula is C53H64O12. The molecule has 3 aliphatic carbocycles. The predicted molar refractivity (Wildman–Crippen MR) is 245 cm³/mol. The van der Waals surface area contributed by atoms with Crippen LogP contribution in [-0.2, 0) is 38.1 Å². The molecule has 6 rings (SSSR count). The second kappa shape index (κ2) is 25.0. The van der Waals surface area contributed by atoms with Gasteiger partial charge in [0.25, 0.3) is 0 Å². The number of benzene rings is 3. The summed E-state index contributed by atoms with van der Waals surface area (Å²) in [6.07, 6.45) is 14.2. The summed E-state index contributed by atoms with van der Waals surface area (Å²) in [4.78, 5) is 62.1. The molecule has 0 bridgehead atoms. The van der Waals surface area contributed by atoms with E-state index in [1.165, 1.54) is 6.42 Å². The zero-order valence-corrected chi connectivity index (χ0v) is 37.9. The van der Waals surface area contributed by atoms with E-state index in [9.17, 15) is 24.0 Å². The number of ether oxygens (including phenoxy) is 7. The smallest absolute Gasteiger partial charge is 0.343 e. The Morgan fingerprint density at radius 3 is 1.54 bits per heavy atom. The van der Waals surface area contributed by atoms with E-state index in [0.29, 0.717) is 49.5 Å². The van der Waals surface area contributed by atoms with Gasteiger partial charge in [0, 0.05) is 17.1 Å². The summed E-state index contributed by atoms with van der Waals surface area (Å²) < 4.78 is 39.2. The van der Waals surface area contributed by atoms with Crippen molar-refractivity contribution in [2.24, 2.45) is 0 Å². The molecule has 1 atom stereocenters. The fourth-order valence-electron chi connectivity index (χ4n) is 8.45. The van der Waals surface area contributed by atoms with Crippen molar-refractivity contribution in [1.82, 2.24) is 0 Å². The molecule has 0 saturated heterocycles. The molecule has 348 valence electrons. The van der Waals surface area contributed by atoms with Crippen LogP contribution in [0.5, 0.6) is 17.2 Å². The molecule has 0 heterocycles. The zero-order chi connectivity index (χ0) is 46.0. The second-order valence-corrected chi connectivity index (χ2v) is 17.3. The number of carbonyl (C=O) groups is 5. The molecule has 0 radical (unpaired) electrons. The molecule has 3 aromatic rings. The molecule has 2 fully saturated rings. The van der Waals surface area contributed by atoms with Crippen LogP contribution in [0.25, 0.3) is 11.1 Å². The number of unbranched alkanes of at least 4 members (excludes halogenated alkanes) is 4. The van der Waals surface area contributed by atoms with E-state index in [0.717, 1.165) is 105 Å². The lowest BCUT2D eigenvalue weighted by Crippen LogP contribution is -2.22. The number of fused-ring (bicyclic) bond motifs is 3. The summed E-state index contributed by atoms with van der Waals surface area (Å²) in [5.41, 5.74) is 5.05. The van der Waals surface area contributed by atoms with Crippen LogP contribution in [0.2, 0.25) is 0 Å². The lowest BCUT2D eigenvalue weighted by atomic mass is 9.98. The molecule has 12 nitrogen and oxygen atoms in total. The number of carbonyl (C=O) groups excluding carboxylic acids is 5. The van der Waals surface area contributed by atoms with Crippen LogP contribution in [0, 0.1) is 0 Å². The van der Waals surface area contributed by atoms with Crippen molar-refractivity contribution in [2.45, 2.75) is 141 Å². The number of hydrogen-bond donors (Lipinski definition) is 0. The van der Waals surface area contributed by atoms with Gasteiger partial charge in [-0.2, -0.15) is 0 Å². The average Bonchev–Trinajstić information content (AvgIpc) is 3.58. The van der Waals surface area contributed by atoms with Crippen molar-refractivity contribution >= 4 is 29.8 Å². The summed E-state index contributed by atoms with van der Waals surface area (Å²) in [5, 5.41) is 0. The maximum Gasteiger partial charge on any atom is 0.343 e. The Labute approximate surface area is 383 Å². The molecule has 3 aliphatic rings. The van der Waals surface area contributed by atoms with Gasteiger partial charge in [-0.3, -0.25) is 9.59 Å². The maximum atomic E-state index is 13.2. The third kappa shape index (κ3) is 15.1. The molecule has 0 N–H and O–H groups in total. The minimum Gasteiger partial charge on any atom is -0.494 e. The fourth-order valence-corrected chi connectivity index (χ4v) is 8.45.